The van der Waals surface area contributed by atoms with Crippen LogP contribution in [0.25, 0.3) is 88.5 Å². The lowest BCUT2D eigenvalue weighted by molar-refractivity contribution is 1.18. The number of pyridine rings is 1. The van der Waals surface area contributed by atoms with E-state index in [0.29, 0.717) is 0 Å². The van der Waals surface area contributed by atoms with Gasteiger partial charge in [0.1, 0.15) is 5.82 Å². The first-order valence-electron chi connectivity index (χ1n) is 16.4. The summed E-state index contributed by atoms with van der Waals surface area (Å²) in [5, 5.41) is 6.10. The third kappa shape index (κ3) is 3.91. The molecule has 0 amide bonds. The molecule has 0 unspecified atom stereocenters. The predicted octanol–water partition coefficient (Wildman–Crippen LogP) is 11.7. The first-order chi connectivity index (χ1) is 23.8. The van der Waals surface area contributed by atoms with Gasteiger partial charge in [-0.1, -0.05) is 146 Å². The molecule has 0 saturated heterocycles. The third-order valence-corrected chi connectivity index (χ3v) is 9.68. The van der Waals surface area contributed by atoms with E-state index >= 15 is 0 Å². The Balaban J connectivity index is 1.46. The van der Waals surface area contributed by atoms with E-state index in [4.69, 9.17) is 4.98 Å². The highest BCUT2D eigenvalue weighted by molar-refractivity contribution is 6.31. The Morgan fingerprint density at radius 2 is 0.979 bits per heavy atom. The number of imidazole rings is 1. The van der Waals surface area contributed by atoms with Crippen molar-refractivity contribution in [2.24, 2.45) is 0 Å². The molecule has 10 aromatic rings. The second-order valence-electron chi connectivity index (χ2n) is 12.4. The Morgan fingerprint density at radius 3 is 1.71 bits per heavy atom. The molecule has 0 aliphatic heterocycles. The number of hydrogen-bond donors (Lipinski definition) is 0. The lowest BCUT2D eigenvalue weighted by Gasteiger charge is -2.13. The topological polar surface area (TPSA) is 22.2 Å². The summed E-state index contributed by atoms with van der Waals surface area (Å²) in [4.78, 5) is 5.49. The molecule has 7 aromatic carbocycles. The first kappa shape index (κ1) is 26.7. The molecule has 224 valence electrons. The Labute approximate surface area is 277 Å². The molecule has 0 bridgehead atoms. The van der Waals surface area contributed by atoms with Crippen LogP contribution in [0.2, 0.25) is 0 Å². The second-order valence-corrected chi connectivity index (χ2v) is 12.4. The highest BCUT2D eigenvalue weighted by atomic mass is 15.0. The van der Waals surface area contributed by atoms with E-state index in [1.54, 1.807) is 0 Å². The fourth-order valence-corrected chi connectivity index (χ4v) is 7.60. The van der Waals surface area contributed by atoms with Gasteiger partial charge in [0, 0.05) is 38.4 Å². The van der Waals surface area contributed by atoms with E-state index in [1.165, 1.54) is 49.1 Å². The van der Waals surface area contributed by atoms with Crippen molar-refractivity contribution in [1.29, 1.82) is 0 Å². The predicted molar refractivity (Wildman–Crippen MR) is 201 cm³/mol. The molecule has 0 N–H and O–H groups in total. The van der Waals surface area contributed by atoms with Crippen LogP contribution < -0.4 is 0 Å². The fraction of sp³-hybridized carbons (Fsp3) is 0. The highest BCUT2D eigenvalue weighted by Crippen LogP contribution is 2.45. The Hall–Kier alpha value is -6.45. The number of nitrogens with zero attached hydrogens (tertiary/aromatic N) is 3. The molecule has 0 spiro atoms. The van der Waals surface area contributed by atoms with Crippen molar-refractivity contribution in [1.82, 2.24) is 14.0 Å². The summed E-state index contributed by atoms with van der Waals surface area (Å²) in [7, 11) is 0. The molecule has 0 aliphatic carbocycles. The van der Waals surface area contributed by atoms with Crippen molar-refractivity contribution in [2.75, 3.05) is 0 Å². The molecule has 0 fully saturated rings. The zero-order chi connectivity index (χ0) is 31.6. The van der Waals surface area contributed by atoms with Crippen molar-refractivity contribution in [3.63, 3.8) is 0 Å². The number of para-hydroxylation sites is 2. The number of fused-ring (bicyclic) bond motifs is 10. The smallest absolute Gasteiger partial charge is 0.145 e. The molecule has 3 aromatic heterocycles. The van der Waals surface area contributed by atoms with Gasteiger partial charge in [-0.05, 0) is 46.8 Å². The summed E-state index contributed by atoms with van der Waals surface area (Å²) in [6.45, 7) is 0. The van der Waals surface area contributed by atoms with Gasteiger partial charge in [0.25, 0.3) is 0 Å². The first-order valence-corrected chi connectivity index (χ1v) is 16.4. The summed E-state index contributed by atoms with van der Waals surface area (Å²) >= 11 is 0. The number of rotatable bonds is 4. The molecule has 3 nitrogen and oxygen atoms in total. The van der Waals surface area contributed by atoms with Gasteiger partial charge >= 0.3 is 0 Å². The second kappa shape index (κ2) is 10.5. The van der Waals surface area contributed by atoms with Crippen LogP contribution >= 0.6 is 0 Å². The normalized spacial score (nSPS) is 11.8. The summed E-state index contributed by atoms with van der Waals surface area (Å²) in [6.07, 6.45) is 0. The summed E-state index contributed by atoms with van der Waals surface area (Å²) in [5.74, 6) is 0.942. The van der Waals surface area contributed by atoms with Crippen LogP contribution in [0.5, 0.6) is 0 Å². The lowest BCUT2D eigenvalue weighted by atomic mass is 9.97. The highest BCUT2D eigenvalue weighted by Gasteiger charge is 2.24. The maximum Gasteiger partial charge on any atom is 0.145 e. The number of aromatic nitrogens is 3. The zero-order valence-corrected chi connectivity index (χ0v) is 26.1. The fourth-order valence-electron chi connectivity index (χ4n) is 7.60. The quantitative estimate of drug-likeness (QED) is 0.182. The number of benzene rings is 7. The summed E-state index contributed by atoms with van der Waals surface area (Å²) in [6, 6.07) is 63.0. The van der Waals surface area contributed by atoms with E-state index in [-0.39, 0.29) is 0 Å². The van der Waals surface area contributed by atoms with Gasteiger partial charge in [-0.25, -0.2) is 4.98 Å². The molecule has 0 aliphatic rings. The van der Waals surface area contributed by atoms with Crippen molar-refractivity contribution in [3.05, 3.63) is 176 Å². The molecule has 10 rings (SSSR count). The standard InChI is InChI=1S/C45H29N3/c1-5-15-30(16-6-1)33-25-26-37-40(29-33)47(34-21-11-4-12-22-34)39-28-27-36-35-23-13-14-24-38(35)48-44(42(36)41(37)39)43(31-17-7-2-8-18-31)46-45(48)32-19-9-3-10-20-32/h1-29H. The van der Waals surface area contributed by atoms with Crippen LogP contribution in [-0.4, -0.2) is 14.0 Å². The molecule has 3 heterocycles. The van der Waals surface area contributed by atoms with E-state index in [2.05, 4.69) is 185 Å². The molecule has 0 atom stereocenters. The van der Waals surface area contributed by atoms with Crippen molar-refractivity contribution in [3.8, 4) is 39.5 Å². The van der Waals surface area contributed by atoms with Crippen molar-refractivity contribution < 1.29 is 0 Å². The lowest BCUT2D eigenvalue weighted by Crippen LogP contribution is -1.96. The molecular weight excluding hydrogens is 583 g/mol. The minimum absolute atomic E-state index is 0.942. The van der Waals surface area contributed by atoms with E-state index in [1.807, 2.05) is 0 Å². The molecule has 0 saturated carbocycles. The Kier molecular flexibility index (Phi) is 5.87. The van der Waals surface area contributed by atoms with E-state index in [9.17, 15) is 0 Å². The largest absolute Gasteiger partial charge is 0.309 e. The van der Waals surface area contributed by atoms with Crippen molar-refractivity contribution >= 4 is 49.0 Å². The monoisotopic (exact) mass is 611 g/mol. The van der Waals surface area contributed by atoms with Crippen LogP contribution in [-0.2, 0) is 0 Å². The van der Waals surface area contributed by atoms with Crippen LogP contribution in [0.15, 0.2) is 176 Å². The summed E-state index contributed by atoms with van der Waals surface area (Å²) < 4.78 is 4.83. The van der Waals surface area contributed by atoms with Crippen LogP contribution in [0, 0.1) is 0 Å². The minimum Gasteiger partial charge on any atom is -0.309 e. The van der Waals surface area contributed by atoms with Crippen LogP contribution in [0.3, 0.4) is 0 Å². The van der Waals surface area contributed by atoms with Gasteiger partial charge in [-0.2, -0.15) is 0 Å². The maximum atomic E-state index is 5.49. The summed E-state index contributed by atoms with van der Waals surface area (Å²) in [5.41, 5.74) is 11.3. The SMILES string of the molecule is c1ccc(-c2ccc3c4c5c(ccc4n(-c4ccccc4)c3c2)c2ccccc2n2c(-c3ccccc3)nc(-c3ccccc3)c52)cc1. The molecule has 48 heavy (non-hydrogen) atoms. The Bertz CT molecular complexity index is 2800. The van der Waals surface area contributed by atoms with Gasteiger partial charge < -0.3 is 4.57 Å². The Morgan fingerprint density at radius 1 is 0.375 bits per heavy atom. The van der Waals surface area contributed by atoms with Crippen molar-refractivity contribution in [2.45, 2.75) is 0 Å². The van der Waals surface area contributed by atoms with Gasteiger partial charge in [0.05, 0.1) is 27.8 Å². The maximum absolute atomic E-state index is 5.49. The van der Waals surface area contributed by atoms with Crippen LogP contribution in [0.1, 0.15) is 0 Å². The average molecular weight is 612 g/mol. The number of hydrogen-bond acceptors (Lipinski definition) is 1. The molecular formula is C45H29N3. The van der Waals surface area contributed by atoms with E-state index in [0.717, 1.165) is 39.4 Å². The molecule has 3 heteroatoms. The minimum atomic E-state index is 0.942. The van der Waals surface area contributed by atoms with Gasteiger partial charge in [-0.3, -0.25) is 4.40 Å². The van der Waals surface area contributed by atoms with Gasteiger partial charge in [-0.15, -0.1) is 0 Å². The average Bonchev–Trinajstić information content (AvgIpc) is 3.73. The van der Waals surface area contributed by atoms with Crippen LogP contribution in [0.4, 0.5) is 0 Å². The van der Waals surface area contributed by atoms with E-state index < -0.39 is 0 Å². The third-order valence-electron chi connectivity index (χ3n) is 9.68. The molecule has 0 radical (unpaired) electrons. The zero-order valence-electron chi connectivity index (χ0n) is 26.1. The van der Waals surface area contributed by atoms with Gasteiger partial charge in [0.15, 0.2) is 0 Å². The van der Waals surface area contributed by atoms with Gasteiger partial charge in [0.2, 0.25) is 0 Å².